The van der Waals surface area contributed by atoms with Crippen molar-refractivity contribution < 1.29 is 10.0 Å². The molecule has 3 heteroatoms. The molecule has 2 N–H and O–H groups in total. The summed E-state index contributed by atoms with van der Waals surface area (Å²) in [5.74, 6) is 1.15. The highest BCUT2D eigenvalue weighted by molar-refractivity contribution is 6.59. The van der Waals surface area contributed by atoms with E-state index in [0.717, 1.165) is 5.46 Å². The van der Waals surface area contributed by atoms with Crippen LogP contribution in [0, 0.1) is 0 Å². The molecule has 21 heavy (non-hydrogen) atoms. The molecule has 2 saturated carbocycles. The third-order valence-corrected chi connectivity index (χ3v) is 5.51. The van der Waals surface area contributed by atoms with Crippen LogP contribution in [0.15, 0.2) is 18.2 Å². The summed E-state index contributed by atoms with van der Waals surface area (Å²) in [6.45, 7) is 0. The average molecular weight is 286 g/mol. The fourth-order valence-electron chi connectivity index (χ4n) is 4.29. The predicted molar refractivity (Wildman–Crippen MR) is 87.9 cm³/mol. The van der Waals surface area contributed by atoms with Crippen LogP contribution in [0.3, 0.4) is 0 Å². The molecule has 2 nitrogen and oxygen atoms in total. The van der Waals surface area contributed by atoms with Crippen LogP contribution in [-0.4, -0.2) is 17.2 Å². The maximum atomic E-state index is 9.81. The Hall–Kier alpha value is -0.795. The van der Waals surface area contributed by atoms with Gasteiger partial charge in [-0.1, -0.05) is 56.7 Å². The lowest BCUT2D eigenvalue weighted by Gasteiger charge is -2.27. The van der Waals surface area contributed by atoms with Gasteiger partial charge in [0.05, 0.1) is 0 Å². The molecule has 2 aliphatic rings. The first-order valence-electron chi connectivity index (χ1n) is 8.75. The molecule has 0 aromatic heterocycles. The Balaban J connectivity index is 1.86. The molecule has 0 saturated heterocycles. The zero-order valence-electron chi connectivity index (χ0n) is 12.9. The van der Waals surface area contributed by atoms with E-state index in [-0.39, 0.29) is 0 Å². The van der Waals surface area contributed by atoms with Gasteiger partial charge in [0.1, 0.15) is 0 Å². The quantitative estimate of drug-likeness (QED) is 0.835. The van der Waals surface area contributed by atoms with Crippen LogP contribution < -0.4 is 5.46 Å². The van der Waals surface area contributed by atoms with E-state index in [1.165, 1.54) is 75.3 Å². The van der Waals surface area contributed by atoms with Gasteiger partial charge in [-0.25, -0.2) is 0 Å². The first-order valence-corrected chi connectivity index (χ1v) is 8.75. The lowest BCUT2D eigenvalue weighted by molar-refractivity contribution is 0.419. The summed E-state index contributed by atoms with van der Waals surface area (Å²) in [7, 11) is -1.33. The van der Waals surface area contributed by atoms with E-state index in [0.29, 0.717) is 11.8 Å². The lowest BCUT2D eigenvalue weighted by atomic mass is 9.69. The van der Waals surface area contributed by atoms with Gasteiger partial charge in [-0.2, -0.15) is 0 Å². The topological polar surface area (TPSA) is 40.5 Å². The van der Waals surface area contributed by atoms with E-state index in [2.05, 4.69) is 18.2 Å². The molecule has 0 unspecified atom stereocenters. The minimum Gasteiger partial charge on any atom is -0.423 e. The number of hydrogen-bond donors (Lipinski definition) is 2. The van der Waals surface area contributed by atoms with Crippen LogP contribution in [0.1, 0.15) is 87.2 Å². The van der Waals surface area contributed by atoms with Crippen LogP contribution in [0.5, 0.6) is 0 Å². The zero-order chi connectivity index (χ0) is 14.7. The van der Waals surface area contributed by atoms with E-state index in [4.69, 9.17) is 0 Å². The second kappa shape index (κ2) is 6.98. The summed E-state index contributed by atoms with van der Waals surface area (Å²) >= 11 is 0. The van der Waals surface area contributed by atoms with Crippen LogP contribution in [0.2, 0.25) is 0 Å². The van der Waals surface area contributed by atoms with Crippen molar-refractivity contribution in [2.75, 3.05) is 0 Å². The Bertz CT molecular complexity index is 460. The molecule has 2 fully saturated rings. The van der Waals surface area contributed by atoms with Crippen molar-refractivity contribution in [2.24, 2.45) is 0 Å². The summed E-state index contributed by atoms with van der Waals surface area (Å²) in [5.41, 5.74) is 3.27. The highest BCUT2D eigenvalue weighted by Gasteiger charge is 2.25. The van der Waals surface area contributed by atoms with Gasteiger partial charge >= 0.3 is 7.12 Å². The molecule has 0 bridgehead atoms. The molecule has 0 spiro atoms. The van der Waals surface area contributed by atoms with Gasteiger partial charge in [0, 0.05) is 0 Å². The van der Waals surface area contributed by atoms with Gasteiger partial charge in [0.25, 0.3) is 0 Å². The van der Waals surface area contributed by atoms with Crippen LogP contribution in [0.25, 0.3) is 0 Å². The molecule has 0 amide bonds. The van der Waals surface area contributed by atoms with E-state index >= 15 is 0 Å². The van der Waals surface area contributed by atoms with Crippen molar-refractivity contribution >= 4 is 12.6 Å². The molecule has 2 aliphatic carbocycles. The molecule has 3 rings (SSSR count). The van der Waals surface area contributed by atoms with Crippen molar-refractivity contribution in [3.8, 4) is 0 Å². The Morgan fingerprint density at radius 1 is 0.762 bits per heavy atom. The fraction of sp³-hybridized carbons (Fsp3) is 0.667. The molecule has 0 aliphatic heterocycles. The van der Waals surface area contributed by atoms with Gasteiger partial charge in [-0.3, -0.25) is 0 Å². The normalized spacial score (nSPS) is 21.4. The first kappa shape index (κ1) is 15.1. The van der Waals surface area contributed by atoms with E-state index in [1.807, 2.05) is 0 Å². The molecular weight excluding hydrogens is 259 g/mol. The van der Waals surface area contributed by atoms with Gasteiger partial charge in [0.2, 0.25) is 0 Å². The van der Waals surface area contributed by atoms with Gasteiger partial charge in [-0.05, 0) is 54.1 Å². The smallest absolute Gasteiger partial charge is 0.423 e. The van der Waals surface area contributed by atoms with Crippen molar-refractivity contribution in [1.29, 1.82) is 0 Å². The van der Waals surface area contributed by atoms with Gasteiger partial charge < -0.3 is 10.0 Å². The van der Waals surface area contributed by atoms with Crippen molar-refractivity contribution in [3.63, 3.8) is 0 Å². The third kappa shape index (κ3) is 3.52. The highest BCUT2D eigenvalue weighted by atomic mass is 16.4. The average Bonchev–Trinajstić information content (AvgIpc) is 2.56. The largest absolute Gasteiger partial charge is 0.488 e. The van der Waals surface area contributed by atoms with Crippen LogP contribution in [0.4, 0.5) is 0 Å². The second-order valence-electron chi connectivity index (χ2n) is 6.93. The molecule has 1 aromatic rings. The molecular formula is C18H27BO2. The molecule has 114 valence electrons. The highest BCUT2D eigenvalue weighted by Crippen LogP contribution is 2.35. The van der Waals surface area contributed by atoms with Gasteiger partial charge in [-0.15, -0.1) is 0 Å². The Labute approximate surface area is 128 Å². The van der Waals surface area contributed by atoms with Crippen molar-refractivity contribution in [2.45, 2.75) is 76.0 Å². The molecule has 0 radical (unpaired) electrons. The Kier molecular flexibility index (Phi) is 5.02. The predicted octanol–water partition coefficient (Wildman–Crippen LogP) is 3.46. The molecule has 0 atom stereocenters. The second-order valence-corrected chi connectivity index (χ2v) is 6.93. The first-order chi connectivity index (χ1) is 10.3. The number of rotatable bonds is 3. The maximum Gasteiger partial charge on any atom is 0.488 e. The Morgan fingerprint density at radius 2 is 1.33 bits per heavy atom. The zero-order valence-corrected chi connectivity index (χ0v) is 12.9. The summed E-state index contributed by atoms with van der Waals surface area (Å²) in [6, 6.07) is 6.53. The summed E-state index contributed by atoms with van der Waals surface area (Å²) < 4.78 is 0. The molecule has 1 aromatic carbocycles. The third-order valence-electron chi connectivity index (χ3n) is 5.51. The molecule has 0 heterocycles. The number of benzene rings is 1. The van der Waals surface area contributed by atoms with Crippen LogP contribution in [-0.2, 0) is 0 Å². The number of hydrogen-bond acceptors (Lipinski definition) is 2. The lowest BCUT2D eigenvalue weighted by Crippen LogP contribution is -2.35. The van der Waals surface area contributed by atoms with Crippen molar-refractivity contribution in [3.05, 3.63) is 29.3 Å². The van der Waals surface area contributed by atoms with E-state index in [1.54, 1.807) is 0 Å². The minimum absolute atomic E-state index is 0.524. The minimum atomic E-state index is -1.33. The van der Waals surface area contributed by atoms with E-state index < -0.39 is 7.12 Å². The van der Waals surface area contributed by atoms with Crippen LogP contribution >= 0.6 is 0 Å². The summed E-state index contributed by atoms with van der Waals surface area (Å²) in [6.07, 6.45) is 12.8. The maximum absolute atomic E-state index is 9.81. The van der Waals surface area contributed by atoms with E-state index in [9.17, 15) is 10.0 Å². The monoisotopic (exact) mass is 286 g/mol. The summed E-state index contributed by atoms with van der Waals surface area (Å²) in [5, 5.41) is 19.6. The standard InChI is InChI=1S/C18H27BO2/c20-19(21)18-13-16(14-7-3-1-4-8-14)11-12-17(18)15-9-5-2-6-10-15/h11-15,20-21H,1-10H2. The summed E-state index contributed by atoms with van der Waals surface area (Å²) in [4.78, 5) is 0. The SMILES string of the molecule is OB(O)c1cc(C2CCCCC2)ccc1C1CCCCC1. The Morgan fingerprint density at radius 3 is 1.90 bits per heavy atom. The van der Waals surface area contributed by atoms with Crippen molar-refractivity contribution in [1.82, 2.24) is 0 Å². The fourth-order valence-corrected chi connectivity index (χ4v) is 4.29. The van der Waals surface area contributed by atoms with Gasteiger partial charge in [0.15, 0.2) is 0 Å².